The van der Waals surface area contributed by atoms with Crippen molar-refractivity contribution in [2.75, 3.05) is 7.11 Å². The van der Waals surface area contributed by atoms with Crippen LogP contribution in [0.4, 0.5) is 0 Å². The molecular formula is C19H19NO. The zero-order valence-corrected chi connectivity index (χ0v) is 12.3. The number of hydrogen-bond donors (Lipinski definition) is 1. The molecule has 0 spiro atoms. The van der Waals surface area contributed by atoms with Gasteiger partial charge >= 0.3 is 0 Å². The van der Waals surface area contributed by atoms with E-state index in [0.717, 1.165) is 22.4 Å². The van der Waals surface area contributed by atoms with Crippen molar-refractivity contribution in [2.24, 2.45) is 5.73 Å². The Labute approximate surface area is 125 Å². The fourth-order valence-corrected chi connectivity index (χ4v) is 2.70. The lowest BCUT2D eigenvalue weighted by atomic mass is 9.94. The fourth-order valence-electron chi connectivity index (χ4n) is 2.70. The standard InChI is InChI=1S/C19H19NO/c1-13-11-17(21-2)9-10-18(13)19(20)16-8-7-14-5-3-4-6-15(14)12-16/h3-12,19H,20H2,1-2H3. The van der Waals surface area contributed by atoms with Gasteiger partial charge in [-0.05, 0) is 52.6 Å². The van der Waals surface area contributed by atoms with E-state index in [1.54, 1.807) is 7.11 Å². The summed E-state index contributed by atoms with van der Waals surface area (Å²) in [6.45, 7) is 2.07. The molecule has 0 heterocycles. The Morgan fingerprint density at radius 2 is 1.67 bits per heavy atom. The van der Waals surface area contributed by atoms with Gasteiger partial charge in [0.25, 0.3) is 0 Å². The maximum atomic E-state index is 6.46. The van der Waals surface area contributed by atoms with Crippen molar-refractivity contribution >= 4 is 10.8 Å². The lowest BCUT2D eigenvalue weighted by Gasteiger charge is -2.16. The van der Waals surface area contributed by atoms with E-state index in [1.807, 2.05) is 18.2 Å². The van der Waals surface area contributed by atoms with Crippen molar-refractivity contribution in [1.29, 1.82) is 0 Å². The minimum atomic E-state index is -0.125. The zero-order valence-electron chi connectivity index (χ0n) is 12.3. The fraction of sp³-hybridized carbons (Fsp3) is 0.158. The molecule has 21 heavy (non-hydrogen) atoms. The van der Waals surface area contributed by atoms with Crippen LogP contribution in [0, 0.1) is 6.92 Å². The average molecular weight is 277 g/mol. The van der Waals surface area contributed by atoms with Crippen molar-refractivity contribution < 1.29 is 4.74 Å². The predicted octanol–water partition coefficient (Wildman–Crippen LogP) is 4.20. The molecule has 0 aliphatic carbocycles. The highest BCUT2D eigenvalue weighted by molar-refractivity contribution is 5.83. The smallest absolute Gasteiger partial charge is 0.119 e. The first kappa shape index (κ1) is 13.7. The second kappa shape index (κ2) is 5.58. The topological polar surface area (TPSA) is 35.2 Å². The maximum absolute atomic E-state index is 6.46. The van der Waals surface area contributed by atoms with Gasteiger partial charge in [0.05, 0.1) is 13.2 Å². The van der Waals surface area contributed by atoms with Crippen LogP contribution < -0.4 is 10.5 Å². The van der Waals surface area contributed by atoms with Gasteiger partial charge in [-0.25, -0.2) is 0 Å². The molecule has 0 aliphatic heterocycles. The van der Waals surface area contributed by atoms with Crippen molar-refractivity contribution in [3.05, 3.63) is 77.4 Å². The Morgan fingerprint density at radius 1 is 0.905 bits per heavy atom. The van der Waals surface area contributed by atoms with E-state index in [4.69, 9.17) is 10.5 Å². The molecule has 0 fully saturated rings. The van der Waals surface area contributed by atoms with Gasteiger partial charge in [0, 0.05) is 0 Å². The molecule has 0 aliphatic rings. The van der Waals surface area contributed by atoms with Crippen LogP contribution in [0.2, 0.25) is 0 Å². The van der Waals surface area contributed by atoms with Crippen LogP contribution in [-0.2, 0) is 0 Å². The first-order valence-corrected chi connectivity index (χ1v) is 7.08. The summed E-state index contributed by atoms with van der Waals surface area (Å²) in [7, 11) is 1.68. The summed E-state index contributed by atoms with van der Waals surface area (Å²) in [6, 6.07) is 20.7. The van der Waals surface area contributed by atoms with Crippen LogP contribution in [0.5, 0.6) is 5.75 Å². The van der Waals surface area contributed by atoms with E-state index in [-0.39, 0.29) is 6.04 Å². The van der Waals surface area contributed by atoms with Crippen LogP contribution in [0.1, 0.15) is 22.7 Å². The number of ether oxygens (including phenoxy) is 1. The van der Waals surface area contributed by atoms with E-state index < -0.39 is 0 Å². The minimum Gasteiger partial charge on any atom is -0.497 e. The van der Waals surface area contributed by atoms with E-state index in [1.165, 1.54) is 10.8 Å². The largest absolute Gasteiger partial charge is 0.497 e. The normalized spacial score (nSPS) is 12.3. The molecule has 2 nitrogen and oxygen atoms in total. The number of aryl methyl sites for hydroxylation is 1. The average Bonchev–Trinajstić information content (AvgIpc) is 2.53. The molecule has 0 radical (unpaired) electrons. The number of benzene rings is 3. The number of fused-ring (bicyclic) bond motifs is 1. The first-order chi connectivity index (χ1) is 10.2. The van der Waals surface area contributed by atoms with Crippen LogP contribution in [0.15, 0.2) is 60.7 Å². The lowest BCUT2D eigenvalue weighted by molar-refractivity contribution is 0.414. The molecule has 106 valence electrons. The Kier molecular flexibility index (Phi) is 3.63. The third-order valence-electron chi connectivity index (χ3n) is 3.94. The maximum Gasteiger partial charge on any atom is 0.119 e. The molecule has 3 aromatic rings. The SMILES string of the molecule is COc1ccc(C(N)c2ccc3ccccc3c2)c(C)c1. The number of nitrogens with two attached hydrogens (primary N) is 1. The third kappa shape index (κ3) is 2.63. The highest BCUT2D eigenvalue weighted by atomic mass is 16.5. The summed E-state index contributed by atoms with van der Waals surface area (Å²) in [4.78, 5) is 0. The number of hydrogen-bond acceptors (Lipinski definition) is 2. The van der Waals surface area contributed by atoms with Crippen molar-refractivity contribution in [3.63, 3.8) is 0 Å². The first-order valence-electron chi connectivity index (χ1n) is 7.08. The molecule has 0 aromatic heterocycles. The molecule has 0 saturated heterocycles. The van der Waals surface area contributed by atoms with E-state index in [9.17, 15) is 0 Å². The van der Waals surface area contributed by atoms with Gasteiger partial charge in [0.15, 0.2) is 0 Å². The van der Waals surface area contributed by atoms with Gasteiger partial charge in [0.1, 0.15) is 5.75 Å². The minimum absolute atomic E-state index is 0.125. The number of methoxy groups -OCH3 is 1. The van der Waals surface area contributed by atoms with Gasteiger partial charge in [-0.2, -0.15) is 0 Å². The summed E-state index contributed by atoms with van der Waals surface area (Å²) < 4.78 is 5.25. The molecule has 0 amide bonds. The molecule has 1 atom stereocenters. The second-order valence-electron chi connectivity index (χ2n) is 5.31. The summed E-state index contributed by atoms with van der Waals surface area (Å²) in [5, 5.41) is 2.46. The lowest BCUT2D eigenvalue weighted by Crippen LogP contribution is -2.13. The number of rotatable bonds is 3. The van der Waals surface area contributed by atoms with Crippen molar-refractivity contribution in [1.82, 2.24) is 0 Å². The predicted molar refractivity (Wildman–Crippen MR) is 87.7 cm³/mol. The highest BCUT2D eigenvalue weighted by Crippen LogP contribution is 2.27. The monoisotopic (exact) mass is 277 g/mol. The van der Waals surface area contributed by atoms with Gasteiger partial charge < -0.3 is 10.5 Å². The Bertz CT molecular complexity index is 779. The van der Waals surface area contributed by atoms with Crippen LogP contribution >= 0.6 is 0 Å². The Balaban J connectivity index is 2.01. The van der Waals surface area contributed by atoms with Gasteiger partial charge in [0.2, 0.25) is 0 Å². The molecular weight excluding hydrogens is 258 g/mol. The van der Waals surface area contributed by atoms with E-state index in [2.05, 4.69) is 49.4 Å². The Morgan fingerprint density at radius 3 is 2.38 bits per heavy atom. The van der Waals surface area contributed by atoms with Gasteiger partial charge in [-0.3, -0.25) is 0 Å². The quantitative estimate of drug-likeness (QED) is 0.778. The summed E-state index contributed by atoms with van der Waals surface area (Å²) in [5.74, 6) is 0.863. The van der Waals surface area contributed by atoms with Crippen molar-refractivity contribution in [3.8, 4) is 5.75 Å². The van der Waals surface area contributed by atoms with Crippen LogP contribution in [-0.4, -0.2) is 7.11 Å². The molecule has 0 bridgehead atoms. The molecule has 3 aromatic carbocycles. The van der Waals surface area contributed by atoms with Crippen molar-refractivity contribution in [2.45, 2.75) is 13.0 Å². The molecule has 2 N–H and O–H groups in total. The van der Waals surface area contributed by atoms with Gasteiger partial charge in [-0.1, -0.05) is 42.5 Å². The van der Waals surface area contributed by atoms with E-state index >= 15 is 0 Å². The van der Waals surface area contributed by atoms with Crippen LogP contribution in [0.3, 0.4) is 0 Å². The van der Waals surface area contributed by atoms with Crippen LogP contribution in [0.25, 0.3) is 10.8 Å². The summed E-state index contributed by atoms with van der Waals surface area (Å²) in [6.07, 6.45) is 0. The summed E-state index contributed by atoms with van der Waals surface area (Å²) in [5.41, 5.74) is 9.86. The molecule has 3 rings (SSSR count). The molecule has 2 heteroatoms. The highest BCUT2D eigenvalue weighted by Gasteiger charge is 2.12. The molecule has 0 saturated carbocycles. The molecule has 1 unspecified atom stereocenters. The summed E-state index contributed by atoms with van der Waals surface area (Å²) >= 11 is 0. The second-order valence-corrected chi connectivity index (χ2v) is 5.31. The Hall–Kier alpha value is -2.32. The van der Waals surface area contributed by atoms with E-state index in [0.29, 0.717) is 0 Å². The third-order valence-corrected chi connectivity index (χ3v) is 3.94. The zero-order chi connectivity index (χ0) is 14.8. The van der Waals surface area contributed by atoms with Gasteiger partial charge in [-0.15, -0.1) is 0 Å².